The summed E-state index contributed by atoms with van der Waals surface area (Å²) in [7, 11) is 0. The first-order chi connectivity index (χ1) is 13.8. The van der Waals surface area contributed by atoms with Crippen molar-refractivity contribution in [1.82, 2.24) is 0 Å². The molecule has 6 nitrogen and oxygen atoms in total. The first kappa shape index (κ1) is 19.8. The zero-order valence-corrected chi connectivity index (χ0v) is 17.0. The van der Waals surface area contributed by atoms with Crippen LogP contribution in [-0.2, 0) is 23.8 Å². The molecule has 4 rings (SSSR count). The van der Waals surface area contributed by atoms with Crippen LogP contribution >= 0.6 is 0 Å². The number of fused-ring (bicyclic) bond motifs is 4. The number of Topliss-reactive ketones (excluding diaryl/α,β-unsaturated/α-hetero) is 1. The number of benzene rings is 1. The molecule has 2 bridgehead atoms. The van der Waals surface area contributed by atoms with E-state index in [-0.39, 0.29) is 18.5 Å². The maximum atomic E-state index is 13.5. The van der Waals surface area contributed by atoms with Crippen LogP contribution in [-0.4, -0.2) is 42.6 Å². The molecule has 0 aromatic heterocycles. The molecule has 6 heteroatoms. The molecule has 1 aromatic carbocycles. The van der Waals surface area contributed by atoms with Gasteiger partial charge in [-0.15, -0.1) is 0 Å². The Morgan fingerprint density at radius 1 is 1.24 bits per heavy atom. The summed E-state index contributed by atoms with van der Waals surface area (Å²) in [6.07, 6.45) is 2.19. The summed E-state index contributed by atoms with van der Waals surface area (Å²) in [5.74, 6) is -1.04. The average Bonchev–Trinajstić information content (AvgIpc) is 2.89. The molecule has 1 aromatic rings. The third-order valence-corrected chi connectivity index (χ3v) is 6.88. The molecule has 29 heavy (non-hydrogen) atoms. The van der Waals surface area contributed by atoms with Gasteiger partial charge in [0.15, 0.2) is 11.9 Å². The Hall–Kier alpha value is -2.47. The fourth-order valence-electron chi connectivity index (χ4n) is 5.10. The Labute approximate surface area is 170 Å². The lowest BCUT2D eigenvalue weighted by Crippen LogP contribution is -2.60. The van der Waals surface area contributed by atoms with Gasteiger partial charge in [-0.1, -0.05) is 36.8 Å². The molecule has 0 spiro atoms. The lowest BCUT2D eigenvalue weighted by atomic mass is 9.55. The van der Waals surface area contributed by atoms with Crippen molar-refractivity contribution in [3.05, 3.63) is 47.5 Å². The molecular formula is C23H26O6. The smallest absolute Gasteiger partial charge is 0.338 e. The number of hydrogen-bond donors (Lipinski definition) is 0. The second-order valence-corrected chi connectivity index (χ2v) is 8.65. The van der Waals surface area contributed by atoms with Gasteiger partial charge in [0, 0.05) is 18.8 Å². The SMILES string of the molecule is CC(=O)O[C@@H]1C[C@@]2(COC(=O)c3ccccc3)C(=O)[C@@H]1O[C@@H]1C=C(C)CC[C@@]12C. The van der Waals surface area contributed by atoms with E-state index in [1.54, 1.807) is 24.3 Å². The second-order valence-electron chi connectivity index (χ2n) is 8.65. The molecular weight excluding hydrogens is 372 g/mol. The minimum Gasteiger partial charge on any atom is -0.461 e. The molecule has 2 aliphatic carbocycles. The predicted molar refractivity (Wildman–Crippen MR) is 104 cm³/mol. The summed E-state index contributed by atoms with van der Waals surface area (Å²) in [5, 5.41) is 0. The standard InChI is InChI=1S/C23H26O6/c1-14-9-10-22(3)18(11-14)29-19-17(28-15(2)24)12-23(22,20(19)25)13-27-21(26)16-7-5-4-6-8-16/h4-8,11,17-19H,9-10,12-13H2,1-3H3/t17-,18-,19-,22+,23-/m1/s1. The zero-order valence-electron chi connectivity index (χ0n) is 17.0. The molecule has 5 atom stereocenters. The van der Waals surface area contributed by atoms with Crippen molar-refractivity contribution < 1.29 is 28.6 Å². The highest BCUT2D eigenvalue weighted by Gasteiger charge is 2.70. The molecule has 0 unspecified atom stereocenters. The van der Waals surface area contributed by atoms with Crippen LogP contribution < -0.4 is 0 Å². The van der Waals surface area contributed by atoms with Gasteiger partial charge in [-0.05, 0) is 31.9 Å². The maximum absolute atomic E-state index is 13.5. The summed E-state index contributed by atoms with van der Waals surface area (Å²) in [6.45, 7) is 5.36. The van der Waals surface area contributed by atoms with Gasteiger partial charge in [-0.2, -0.15) is 0 Å². The van der Waals surface area contributed by atoms with Gasteiger partial charge in [-0.3, -0.25) is 9.59 Å². The highest BCUT2D eigenvalue weighted by molar-refractivity contribution is 5.95. The number of allylic oxidation sites excluding steroid dienone is 1. The molecule has 1 aliphatic heterocycles. The van der Waals surface area contributed by atoms with E-state index < -0.39 is 35.0 Å². The molecule has 0 radical (unpaired) electrons. The summed E-state index contributed by atoms with van der Waals surface area (Å²) < 4.78 is 17.3. The van der Waals surface area contributed by atoms with E-state index in [1.165, 1.54) is 12.5 Å². The number of hydrogen-bond acceptors (Lipinski definition) is 6. The van der Waals surface area contributed by atoms with E-state index in [0.717, 1.165) is 12.8 Å². The fourth-order valence-corrected chi connectivity index (χ4v) is 5.10. The molecule has 0 amide bonds. The Morgan fingerprint density at radius 2 is 1.97 bits per heavy atom. The van der Waals surface area contributed by atoms with Crippen LogP contribution in [0.5, 0.6) is 0 Å². The molecule has 3 aliphatic rings. The zero-order chi connectivity index (χ0) is 20.8. The summed E-state index contributed by atoms with van der Waals surface area (Å²) in [4.78, 5) is 37.7. The number of carbonyl (C=O) groups excluding carboxylic acids is 3. The van der Waals surface area contributed by atoms with Crippen molar-refractivity contribution in [1.29, 1.82) is 0 Å². The summed E-state index contributed by atoms with van der Waals surface area (Å²) in [6, 6.07) is 8.72. The van der Waals surface area contributed by atoms with Crippen molar-refractivity contribution >= 4 is 17.7 Å². The second kappa shape index (κ2) is 7.10. The van der Waals surface area contributed by atoms with Gasteiger partial charge in [0.1, 0.15) is 12.7 Å². The average molecular weight is 398 g/mol. The first-order valence-electron chi connectivity index (χ1n) is 10.0. The third kappa shape index (κ3) is 3.10. The number of rotatable bonds is 4. The highest BCUT2D eigenvalue weighted by Crippen LogP contribution is 2.61. The van der Waals surface area contributed by atoms with Crippen LogP contribution in [0.4, 0.5) is 0 Å². The van der Waals surface area contributed by atoms with Crippen molar-refractivity contribution in [3.8, 4) is 0 Å². The van der Waals surface area contributed by atoms with Crippen molar-refractivity contribution in [2.75, 3.05) is 6.61 Å². The minimum absolute atomic E-state index is 0.0446. The van der Waals surface area contributed by atoms with Crippen LogP contribution in [0.25, 0.3) is 0 Å². The fraction of sp³-hybridized carbons (Fsp3) is 0.522. The summed E-state index contributed by atoms with van der Waals surface area (Å²) in [5.41, 5.74) is 0.172. The van der Waals surface area contributed by atoms with E-state index in [4.69, 9.17) is 14.2 Å². The Kier molecular flexibility index (Phi) is 4.85. The summed E-state index contributed by atoms with van der Waals surface area (Å²) >= 11 is 0. The maximum Gasteiger partial charge on any atom is 0.338 e. The molecule has 2 fully saturated rings. The van der Waals surface area contributed by atoms with Gasteiger partial charge < -0.3 is 14.2 Å². The normalized spacial score (nSPS) is 35.5. The number of ether oxygens (including phenoxy) is 3. The van der Waals surface area contributed by atoms with Crippen molar-refractivity contribution in [3.63, 3.8) is 0 Å². The van der Waals surface area contributed by atoms with Crippen molar-refractivity contribution in [2.45, 2.75) is 58.3 Å². The van der Waals surface area contributed by atoms with Crippen molar-refractivity contribution in [2.24, 2.45) is 10.8 Å². The lowest BCUT2D eigenvalue weighted by molar-refractivity contribution is -0.185. The largest absolute Gasteiger partial charge is 0.461 e. The Balaban J connectivity index is 1.67. The van der Waals surface area contributed by atoms with E-state index >= 15 is 0 Å². The highest BCUT2D eigenvalue weighted by atomic mass is 16.6. The van der Waals surface area contributed by atoms with Crippen LogP contribution in [0, 0.1) is 10.8 Å². The Bertz CT molecular complexity index is 875. The molecule has 1 heterocycles. The van der Waals surface area contributed by atoms with Crippen LogP contribution in [0.3, 0.4) is 0 Å². The van der Waals surface area contributed by atoms with Crippen LogP contribution in [0.2, 0.25) is 0 Å². The number of ketones is 1. The monoisotopic (exact) mass is 398 g/mol. The van der Waals surface area contributed by atoms with Crippen LogP contribution in [0.15, 0.2) is 42.0 Å². The van der Waals surface area contributed by atoms with E-state index in [1.807, 2.05) is 19.9 Å². The van der Waals surface area contributed by atoms with Gasteiger partial charge in [0.05, 0.1) is 17.1 Å². The topological polar surface area (TPSA) is 78.9 Å². The molecule has 0 N–H and O–H groups in total. The van der Waals surface area contributed by atoms with E-state index in [9.17, 15) is 14.4 Å². The molecule has 1 saturated carbocycles. The quantitative estimate of drug-likeness (QED) is 0.572. The minimum atomic E-state index is -0.942. The number of carbonyl (C=O) groups is 3. The molecule has 154 valence electrons. The van der Waals surface area contributed by atoms with Gasteiger partial charge in [0.2, 0.25) is 0 Å². The van der Waals surface area contributed by atoms with E-state index in [2.05, 4.69) is 6.08 Å². The van der Waals surface area contributed by atoms with Gasteiger partial charge in [-0.25, -0.2) is 4.79 Å². The predicted octanol–water partition coefficient (Wildman–Crippen LogP) is 3.25. The van der Waals surface area contributed by atoms with Gasteiger partial charge in [0.25, 0.3) is 0 Å². The Morgan fingerprint density at radius 3 is 2.66 bits per heavy atom. The lowest BCUT2D eigenvalue weighted by Gasteiger charge is -2.53. The molecule has 1 saturated heterocycles. The van der Waals surface area contributed by atoms with Crippen LogP contribution in [0.1, 0.15) is 50.4 Å². The first-order valence-corrected chi connectivity index (χ1v) is 10.0. The van der Waals surface area contributed by atoms with Gasteiger partial charge >= 0.3 is 11.9 Å². The number of esters is 2. The third-order valence-electron chi connectivity index (χ3n) is 6.88. The van der Waals surface area contributed by atoms with E-state index in [0.29, 0.717) is 12.0 Å².